The number of carbonyl (C=O) groups is 4. The zero-order chi connectivity index (χ0) is 50.8. The van der Waals surface area contributed by atoms with Crippen LogP contribution in [0, 0.1) is 28.4 Å². The number of nitriles is 1. The van der Waals surface area contributed by atoms with Gasteiger partial charge in [0.2, 0.25) is 17.7 Å². The number of alkyl halides is 6. The Labute approximate surface area is 398 Å². The fraction of sp³-hybridized carbons (Fsp3) is 0.409. The molecule has 0 saturated carbocycles. The van der Waals surface area contributed by atoms with Gasteiger partial charge in [-0.2, -0.15) is 31.6 Å². The third kappa shape index (κ3) is 11.2. The molecule has 0 spiro atoms. The lowest BCUT2D eigenvalue weighted by atomic mass is 9.85. The number of rotatable bonds is 15. The Hall–Kier alpha value is -6.36. The molecule has 2 aromatic carbocycles. The van der Waals surface area contributed by atoms with E-state index in [0.717, 1.165) is 35.4 Å². The zero-order valence-electron chi connectivity index (χ0n) is 37.2. The molecule has 0 aliphatic carbocycles. The standard InChI is InChI=1S/C44H42F8N8O7S2/c1-41(2,3)36(38(63)58-22-66-19-30(58)37(62)57-32-18-54-21-69-32)56-31(61)20-65-12-6-7-13-67-25-9-10-26(27(15-25)43(47,48)49)35-28(45)14-24(17-55-35)60-40(68)59(39(64)42(60,4)5)29-11-8-23(16-53)33(34(29)46)44(50,51)52/h8-11,14-15,17-18,21,30,36H,6-7,12-13,19-20,22H2,1-5H3,(H,56,61)(H,57,62). The van der Waals surface area contributed by atoms with Crippen molar-refractivity contribution in [3.8, 4) is 23.1 Å². The zero-order valence-corrected chi connectivity index (χ0v) is 38.8. The van der Waals surface area contributed by atoms with E-state index in [2.05, 4.69) is 20.6 Å². The Morgan fingerprint density at radius 3 is 2.36 bits per heavy atom. The van der Waals surface area contributed by atoms with Gasteiger partial charge in [0, 0.05) is 18.2 Å². The van der Waals surface area contributed by atoms with Crippen molar-refractivity contribution in [2.75, 3.05) is 48.3 Å². The van der Waals surface area contributed by atoms with Gasteiger partial charge < -0.3 is 34.6 Å². The average Bonchev–Trinajstić information content (AvgIpc) is 4.01. The molecule has 6 rings (SSSR count). The molecule has 0 bridgehead atoms. The second-order valence-electron chi connectivity index (χ2n) is 17.1. The quantitative estimate of drug-likeness (QED) is 0.0671. The largest absolute Gasteiger partial charge is 0.494 e. The number of hydrogen-bond donors (Lipinski definition) is 2. The molecule has 368 valence electrons. The van der Waals surface area contributed by atoms with Crippen molar-refractivity contribution in [3.63, 3.8) is 0 Å². The van der Waals surface area contributed by atoms with E-state index in [1.807, 2.05) is 0 Å². The minimum atomic E-state index is -5.33. The van der Waals surface area contributed by atoms with Gasteiger partial charge in [-0.05, 0) is 74.7 Å². The Kier molecular flexibility index (Phi) is 15.3. The molecule has 69 heavy (non-hydrogen) atoms. The van der Waals surface area contributed by atoms with Gasteiger partial charge >= 0.3 is 12.4 Å². The van der Waals surface area contributed by atoms with E-state index in [9.17, 15) is 45.5 Å². The highest BCUT2D eigenvalue weighted by molar-refractivity contribution is 7.81. The summed E-state index contributed by atoms with van der Waals surface area (Å²) in [6.07, 6.45) is -7.45. The summed E-state index contributed by atoms with van der Waals surface area (Å²) in [5, 5.41) is 14.4. The third-order valence-electron chi connectivity index (χ3n) is 10.8. The molecule has 4 amide bonds. The predicted molar refractivity (Wildman–Crippen MR) is 237 cm³/mol. The van der Waals surface area contributed by atoms with Crippen molar-refractivity contribution in [2.24, 2.45) is 5.41 Å². The highest BCUT2D eigenvalue weighted by Gasteiger charge is 2.52. The van der Waals surface area contributed by atoms with Crippen LogP contribution in [-0.4, -0.2) is 94.4 Å². The topological polar surface area (TPSA) is 179 Å². The van der Waals surface area contributed by atoms with Crippen LogP contribution in [0.1, 0.15) is 64.2 Å². The molecule has 2 unspecified atom stereocenters. The molecular formula is C44H42F8N8O7S2. The summed E-state index contributed by atoms with van der Waals surface area (Å²) >= 11 is 6.57. The molecule has 25 heteroatoms. The van der Waals surface area contributed by atoms with E-state index < -0.39 is 116 Å². The summed E-state index contributed by atoms with van der Waals surface area (Å²) in [5.41, 5.74) is -8.04. The van der Waals surface area contributed by atoms with Crippen molar-refractivity contribution < 1.29 is 68.5 Å². The fourth-order valence-electron chi connectivity index (χ4n) is 7.39. The van der Waals surface area contributed by atoms with Gasteiger partial charge in [-0.1, -0.05) is 20.8 Å². The lowest BCUT2D eigenvalue weighted by molar-refractivity contribution is -0.144. The van der Waals surface area contributed by atoms with Gasteiger partial charge in [0.25, 0.3) is 5.91 Å². The molecule has 2 aromatic heterocycles. The monoisotopic (exact) mass is 1010 g/mol. The third-order valence-corrected chi connectivity index (χ3v) is 11.9. The average molecular weight is 1010 g/mol. The van der Waals surface area contributed by atoms with Gasteiger partial charge in [-0.3, -0.25) is 34.0 Å². The summed E-state index contributed by atoms with van der Waals surface area (Å²) in [7, 11) is 0. The SMILES string of the molecule is CC(C)(C)C(NC(=O)COCCCCOc1ccc(-c2ncc(N3C(=S)N(c4ccc(C#N)c(C(F)(F)F)c4F)C(=O)C3(C)C)cc2F)c(C(F)(F)F)c1)C(=O)N1COCC1C(=O)Nc1cncs1. The van der Waals surface area contributed by atoms with Crippen molar-refractivity contribution in [2.45, 2.75) is 77.4 Å². The summed E-state index contributed by atoms with van der Waals surface area (Å²) in [4.78, 5) is 63.5. The number of aromatic nitrogens is 2. The van der Waals surface area contributed by atoms with E-state index in [-0.39, 0.29) is 44.4 Å². The van der Waals surface area contributed by atoms with Crippen LogP contribution in [0.25, 0.3) is 11.3 Å². The molecule has 0 radical (unpaired) electrons. The van der Waals surface area contributed by atoms with Crippen LogP contribution in [0.15, 0.2) is 54.3 Å². The van der Waals surface area contributed by atoms with Crippen LogP contribution in [0.3, 0.4) is 0 Å². The lowest BCUT2D eigenvalue weighted by Crippen LogP contribution is -2.58. The van der Waals surface area contributed by atoms with Crippen LogP contribution < -0.4 is 25.2 Å². The maximum atomic E-state index is 15.9. The molecule has 2 atom stereocenters. The molecule has 4 heterocycles. The van der Waals surface area contributed by atoms with Gasteiger partial charge in [0.05, 0.1) is 59.7 Å². The first-order valence-electron chi connectivity index (χ1n) is 20.7. The number of ether oxygens (including phenoxy) is 3. The smallest absolute Gasteiger partial charge is 0.420 e. The number of thiazole rings is 1. The van der Waals surface area contributed by atoms with E-state index in [4.69, 9.17) is 31.7 Å². The van der Waals surface area contributed by atoms with Crippen molar-refractivity contribution in [1.29, 1.82) is 5.26 Å². The molecule has 2 fully saturated rings. The first-order chi connectivity index (χ1) is 32.3. The van der Waals surface area contributed by atoms with Crippen molar-refractivity contribution in [1.82, 2.24) is 20.2 Å². The maximum absolute atomic E-state index is 15.9. The molecule has 2 aliphatic heterocycles. The number of anilines is 3. The van der Waals surface area contributed by atoms with Crippen LogP contribution in [0.5, 0.6) is 5.75 Å². The minimum absolute atomic E-state index is 0.0369. The van der Waals surface area contributed by atoms with E-state index >= 15 is 8.78 Å². The number of halogens is 8. The number of hydrogen-bond acceptors (Lipinski definition) is 12. The second-order valence-corrected chi connectivity index (χ2v) is 18.4. The Morgan fingerprint density at radius 1 is 1.03 bits per heavy atom. The Morgan fingerprint density at radius 2 is 1.74 bits per heavy atom. The molecule has 15 nitrogen and oxygen atoms in total. The van der Waals surface area contributed by atoms with E-state index in [1.54, 1.807) is 20.8 Å². The number of nitrogens with one attached hydrogen (secondary N) is 2. The molecule has 2 aliphatic rings. The minimum Gasteiger partial charge on any atom is -0.494 e. The maximum Gasteiger partial charge on any atom is 0.420 e. The number of nitrogens with zero attached hydrogens (tertiary/aromatic N) is 6. The molecule has 2 N–H and O–H groups in total. The Balaban J connectivity index is 1.05. The number of carbonyl (C=O) groups excluding carboxylic acids is 4. The van der Waals surface area contributed by atoms with Crippen molar-refractivity contribution >= 4 is 68.7 Å². The number of benzene rings is 2. The van der Waals surface area contributed by atoms with Crippen LogP contribution in [-0.2, 0) is 41.0 Å². The first kappa shape index (κ1) is 52.0. The highest BCUT2D eigenvalue weighted by Crippen LogP contribution is 2.44. The van der Waals surface area contributed by atoms with Crippen molar-refractivity contribution in [3.05, 3.63) is 82.6 Å². The fourth-order valence-corrected chi connectivity index (χ4v) is 8.42. The summed E-state index contributed by atoms with van der Waals surface area (Å²) < 4.78 is 132. The predicted octanol–water partition coefficient (Wildman–Crippen LogP) is 7.84. The Bertz CT molecular complexity index is 2670. The van der Waals surface area contributed by atoms with E-state index in [1.165, 1.54) is 47.9 Å². The van der Waals surface area contributed by atoms with Crippen LogP contribution in [0.4, 0.5) is 51.5 Å². The second kappa shape index (κ2) is 20.3. The molecule has 4 aromatic rings. The van der Waals surface area contributed by atoms with Crippen LogP contribution >= 0.6 is 23.6 Å². The number of amides is 4. The summed E-state index contributed by atoms with van der Waals surface area (Å²) in [6.45, 7) is 7.02. The lowest BCUT2D eigenvalue weighted by Gasteiger charge is -2.34. The van der Waals surface area contributed by atoms with Gasteiger partial charge in [-0.25, -0.2) is 8.78 Å². The summed E-state index contributed by atoms with van der Waals surface area (Å²) in [5.74, 6) is -6.16. The normalized spacial score (nSPS) is 16.7. The number of thiocarbonyl (C=S) groups is 1. The van der Waals surface area contributed by atoms with Gasteiger partial charge in [0.15, 0.2) is 16.7 Å². The van der Waals surface area contributed by atoms with Gasteiger partial charge in [0.1, 0.15) is 53.0 Å². The summed E-state index contributed by atoms with van der Waals surface area (Å²) in [6, 6.07) is 4.14. The first-order valence-corrected chi connectivity index (χ1v) is 22.0. The highest BCUT2D eigenvalue weighted by atomic mass is 32.1. The molecular weight excluding hydrogens is 969 g/mol. The number of unbranched alkanes of at least 4 members (excludes halogenated alkanes) is 1. The van der Waals surface area contributed by atoms with Crippen LogP contribution in [0.2, 0.25) is 0 Å². The van der Waals surface area contributed by atoms with E-state index in [0.29, 0.717) is 28.5 Å². The molecule has 2 saturated heterocycles. The number of pyridine rings is 1. The van der Waals surface area contributed by atoms with Gasteiger partial charge in [-0.15, -0.1) is 11.3 Å².